The first-order valence-electron chi connectivity index (χ1n) is 9.69. The minimum absolute atomic E-state index is 0.105. The summed E-state index contributed by atoms with van der Waals surface area (Å²) in [4.78, 5) is 20.4. The highest BCUT2D eigenvalue weighted by Crippen LogP contribution is 2.40. The van der Waals surface area contributed by atoms with Gasteiger partial charge in [0.25, 0.3) is 5.91 Å². The number of benzene rings is 1. The number of methoxy groups -OCH3 is 1. The summed E-state index contributed by atoms with van der Waals surface area (Å²) in [7, 11) is 1.42. The highest BCUT2D eigenvalue weighted by molar-refractivity contribution is 6.06. The van der Waals surface area contributed by atoms with Crippen LogP contribution in [0.15, 0.2) is 36.7 Å². The molecule has 0 unspecified atom stereocenters. The molecule has 4 rings (SSSR count). The van der Waals surface area contributed by atoms with E-state index in [2.05, 4.69) is 27.5 Å². The molecule has 6 nitrogen and oxygen atoms in total. The molecule has 0 fully saturated rings. The van der Waals surface area contributed by atoms with Crippen molar-refractivity contribution < 1.29 is 13.9 Å². The quantitative estimate of drug-likeness (QED) is 0.585. The molecule has 0 saturated heterocycles. The molecule has 0 radical (unpaired) electrons. The van der Waals surface area contributed by atoms with Crippen LogP contribution in [0.1, 0.15) is 35.0 Å². The Balaban J connectivity index is 1.90. The third-order valence-electron chi connectivity index (χ3n) is 5.09. The summed E-state index contributed by atoms with van der Waals surface area (Å²) in [5.74, 6) is -0.519. The van der Waals surface area contributed by atoms with Gasteiger partial charge in [0.2, 0.25) is 0 Å². The molecular formula is C22H23FN4O2. The molecule has 7 heteroatoms. The number of pyridine rings is 1. The summed E-state index contributed by atoms with van der Waals surface area (Å²) in [6.07, 6.45) is 6.12. The third-order valence-corrected chi connectivity index (χ3v) is 5.09. The molecular weight excluding hydrogens is 371 g/mol. The van der Waals surface area contributed by atoms with E-state index in [1.54, 1.807) is 18.3 Å². The normalized spacial score (nSPS) is 13.0. The first-order valence-corrected chi connectivity index (χ1v) is 9.69. The Bertz CT molecular complexity index is 1060. The van der Waals surface area contributed by atoms with Crippen LogP contribution in [0.3, 0.4) is 0 Å². The Hall–Kier alpha value is -3.35. The molecule has 3 heterocycles. The molecule has 1 amide bonds. The van der Waals surface area contributed by atoms with Gasteiger partial charge in [-0.05, 0) is 30.2 Å². The van der Waals surface area contributed by atoms with E-state index in [4.69, 9.17) is 4.74 Å². The van der Waals surface area contributed by atoms with Gasteiger partial charge < -0.3 is 20.4 Å². The number of hydrogen-bond donors (Lipinski definition) is 3. The van der Waals surface area contributed by atoms with E-state index >= 15 is 0 Å². The number of aromatic amines is 1. The van der Waals surface area contributed by atoms with Crippen LogP contribution in [0, 0.1) is 5.82 Å². The number of aryl methyl sites for hydroxylation is 1. The second kappa shape index (κ2) is 7.95. The number of nitrogens with zero attached hydrogens (tertiary/aromatic N) is 1. The summed E-state index contributed by atoms with van der Waals surface area (Å²) in [5.41, 5.74) is 5.34. The molecule has 0 aliphatic carbocycles. The van der Waals surface area contributed by atoms with E-state index in [1.807, 2.05) is 12.3 Å². The number of carbonyl (C=O) groups excluding carboxylic acids is 1. The first kappa shape index (κ1) is 19.0. The van der Waals surface area contributed by atoms with Crippen molar-refractivity contribution in [3.8, 4) is 17.0 Å². The van der Waals surface area contributed by atoms with Crippen LogP contribution in [0.2, 0.25) is 0 Å². The summed E-state index contributed by atoms with van der Waals surface area (Å²) in [6.45, 7) is 2.69. The van der Waals surface area contributed by atoms with Crippen molar-refractivity contribution in [2.24, 2.45) is 0 Å². The zero-order valence-corrected chi connectivity index (χ0v) is 16.4. The monoisotopic (exact) mass is 394 g/mol. The molecule has 0 bridgehead atoms. The summed E-state index contributed by atoms with van der Waals surface area (Å²) in [5, 5.41) is 6.15. The van der Waals surface area contributed by atoms with Gasteiger partial charge in [0.1, 0.15) is 0 Å². The third kappa shape index (κ3) is 3.44. The Morgan fingerprint density at radius 3 is 2.97 bits per heavy atom. The van der Waals surface area contributed by atoms with E-state index in [0.29, 0.717) is 29.9 Å². The van der Waals surface area contributed by atoms with Crippen LogP contribution >= 0.6 is 0 Å². The Kier molecular flexibility index (Phi) is 5.20. The lowest BCUT2D eigenvalue weighted by Gasteiger charge is -2.17. The van der Waals surface area contributed by atoms with Gasteiger partial charge in [-0.2, -0.15) is 0 Å². The van der Waals surface area contributed by atoms with E-state index < -0.39 is 5.82 Å². The van der Waals surface area contributed by atoms with Crippen molar-refractivity contribution in [2.45, 2.75) is 26.2 Å². The number of anilines is 2. The first-order chi connectivity index (χ1) is 14.1. The predicted molar refractivity (Wildman–Crippen MR) is 110 cm³/mol. The predicted octanol–water partition coefficient (Wildman–Crippen LogP) is 4.21. The van der Waals surface area contributed by atoms with E-state index in [9.17, 15) is 9.18 Å². The number of amides is 1. The average molecular weight is 394 g/mol. The lowest BCUT2D eigenvalue weighted by molar-refractivity contribution is 0.0947. The van der Waals surface area contributed by atoms with Gasteiger partial charge in [-0.15, -0.1) is 0 Å². The number of aromatic nitrogens is 2. The minimum atomic E-state index is -0.469. The lowest BCUT2D eigenvalue weighted by Crippen LogP contribution is -2.31. The molecule has 1 aliphatic heterocycles. The van der Waals surface area contributed by atoms with Crippen molar-refractivity contribution >= 4 is 17.3 Å². The number of hydrogen-bond acceptors (Lipinski definition) is 4. The summed E-state index contributed by atoms with van der Waals surface area (Å²) >= 11 is 0. The molecule has 29 heavy (non-hydrogen) atoms. The number of rotatable bonds is 6. The number of H-pyrrole nitrogens is 1. The Labute approximate surface area is 168 Å². The van der Waals surface area contributed by atoms with Gasteiger partial charge in [-0.1, -0.05) is 19.4 Å². The standard InChI is InChI=1S/C22H23FN4O2/c1-3-5-13-12-24-10-8-14(13)19-20(18-16(26-19)9-11-25-22(18)28)27-17-7-4-6-15(23)21(17)29-2/h4,6-8,10,12,26-27H,3,5,9,11H2,1-2H3,(H,25,28). The van der Waals surface area contributed by atoms with Gasteiger partial charge in [-0.3, -0.25) is 9.78 Å². The maximum atomic E-state index is 14.2. The fraction of sp³-hybridized carbons (Fsp3) is 0.273. The van der Waals surface area contributed by atoms with Crippen molar-refractivity contribution in [3.05, 3.63) is 59.3 Å². The van der Waals surface area contributed by atoms with Gasteiger partial charge in [-0.25, -0.2) is 4.39 Å². The second-order valence-electron chi connectivity index (χ2n) is 6.96. The molecule has 2 aromatic heterocycles. The largest absolute Gasteiger partial charge is 0.492 e. The van der Waals surface area contributed by atoms with Crippen LogP contribution in [0.4, 0.5) is 15.8 Å². The molecule has 0 saturated carbocycles. The molecule has 3 aromatic rings. The van der Waals surface area contributed by atoms with Crippen molar-refractivity contribution in [1.29, 1.82) is 0 Å². The van der Waals surface area contributed by atoms with Crippen LogP contribution in [-0.4, -0.2) is 29.5 Å². The summed E-state index contributed by atoms with van der Waals surface area (Å²) in [6, 6.07) is 6.61. The number of para-hydroxylation sites is 1. The van der Waals surface area contributed by atoms with Gasteiger partial charge >= 0.3 is 0 Å². The fourth-order valence-electron chi connectivity index (χ4n) is 3.80. The topological polar surface area (TPSA) is 79.0 Å². The van der Waals surface area contributed by atoms with Crippen LogP contribution in [0.25, 0.3) is 11.3 Å². The number of ether oxygens (including phenoxy) is 1. The van der Waals surface area contributed by atoms with Crippen LogP contribution in [-0.2, 0) is 12.8 Å². The van der Waals surface area contributed by atoms with Gasteiger partial charge in [0, 0.05) is 36.6 Å². The summed E-state index contributed by atoms with van der Waals surface area (Å²) < 4.78 is 19.5. The maximum Gasteiger partial charge on any atom is 0.255 e. The average Bonchev–Trinajstić information content (AvgIpc) is 3.08. The Morgan fingerprint density at radius 1 is 1.31 bits per heavy atom. The van der Waals surface area contributed by atoms with E-state index in [0.717, 1.165) is 35.4 Å². The van der Waals surface area contributed by atoms with Crippen LogP contribution < -0.4 is 15.4 Å². The van der Waals surface area contributed by atoms with Crippen molar-refractivity contribution in [2.75, 3.05) is 19.0 Å². The molecule has 1 aliphatic rings. The lowest BCUT2D eigenvalue weighted by atomic mass is 10.0. The fourth-order valence-corrected chi connectivity index (χ4v) is 3.80. The molecule has 1 aromatic carbocycles. The van der Waals surface area contributed by atoms with Crippen LogP contribution in [0.5, 0.6) is 5.75 Å². The number of fused-ring (bicyclic) bond motifs is 1. The SMILES string of the molecule is CCCc1cnccc1-c1[nH]c2c(c1Nc1cccc(F)c1OC)C(=O)NCC2. The Morgan fingerprint density at radius 2 is 2.17 bits per heavy atom. The van der Waals surface area contributed by atoms with E-state index in [-0.39, 0.29) is 11.7 Å². The van der Waals surface area contributed by atoms with E-state index in [1.165, 1.54) is 13.2 Å². The number of halogens is 1. The highest BCUT2D eigenvalue weighted by atomic mass is 19.1. The number of nitrogens with one attached hydrogen (secondary N) is 3. The zero-order chi connectivity index (χ0) is 20.4. The smallest absolute Gasteiger partial charge is 0.255 e. The second-order valence-corrected chi connectivity index (χ2v) is 6.96. The van der Waals surface area contributed by atoms with Gasteiger partial charge in [0.05, 0.1) is 29.7 Å². The molecule has 0 spiro atoms. The van der Waals surface area contributed by atoms with Gasteiger partial charge in [0.15, 0.2) is 11.6 Å². The molecule has 150 valence electrons. The van der Waals surface area contributed by atoms with Crippen molar-refractivity contribution in [3.63, 3.8) is 0 Å². The minimum Gasteiger partial charge on any atom is -0.492 e. The highest BCUT2D eigenvalue weighted by Gasteiger charge is 2.28. The zero-order valence-electron chi connectivity index (χ0n) is 16.4. The maximum absolute atomic E-state index is 14.2. The van der Waals surface area contributed by atoms with Crippen molar-refractivity contribution in [1.82, 2.24) is 15.3 Å². The molecule has 3 N–H and O–H groups in total. The molecule has 0 atom stereocenters. The number of carbonyl (C=O) groups is 1.